The van der Waals surface area contributed by atoms with E-state index in [0.717, 1.165) is 42.7 Å². The van der Waals surface area contributed by atoms with Gasteiger partial charge in [-0.25, -0.2) is 4.98 Å². The van der Waals surface area contributed by atoms with E-state index in [1.807, 2.05) is 26.8 Å². The number of fused-ring (bicyclic) bond motifs is 1. The van der Waals surface area contributed by atoms with Crippen LogP contribution in [0.2, 0.25) is 0 Å². The molecule has 23 heavy (non-hydrogen) atoms. The molecule has 7 heteroatoms. The average molecular weight is 339 g/mol. The molecule has 1 atom stereocenters. The Bertz CT molecular complexity index is 693. The Hall–Kier alpha value is -1.66. The largest absolute Gasteiger partial charge is 0.348 e. The molecule has 1 saturated heterocycles. The maximum absolute atomic E-state index is 12.7. The van der Waals surface area contributed by atoms with E-state index in [9.17, 15) is 4.79 Å². The summed E-state index contributed by atoms with van der Waals surface area (Å²) >= 11 is 0. The lowest BCUT2D eigenvalue weighted by Crippen LogP contribution is -2.45. The van der Waals surface area contributed by atoms with Crippen LogP contribution in [0.5, 0.6) is 0 Å². The molecule has 0 unspecified atom stereocenters. The van der Waals surface area contributed by atoms with Gasteiger partial charge in [-0.1, -0.05) is 19.0 Å². The Morgan fingerprint density at radius 3 is 2.91 bits per heavy atom. The molecule has 3 heterocycles. The maximum atomic E-state index is 12.7. The van der Waals surface area contributed by atoms with Crippen molar-refractivity contribution in [1.29, 1.82) is 0 Å². The molecule has 0 radical (unpaired) electrons. The molecule has 1 aliphatic rings. The molecule has 2 N–H and O–H groups in total. The van der Waals surface area contributed by atoms with Crippen LogP contribution >= 0.6 is 12.4 Å². The first kappa shape index (κ1) is 17.7. The van der Waals surface area contributed by atoms with Crippen LogP contribution in [0, 0.1) is 6.92 Å². The van der Waals surface area contributed by atoms with Crippen LogP contribution in [-0.4, -0.2) is 35.2 Å². The Morgan fingerprint density at radius 2 is 2.26 bits per heavy atom. The first-order chi connectivity index (χ1) is 10.6. The van der Waals surface area contributed by atoms with E-state index >= 15 is 0 Å². The van der Waals surface area contributed by atoms with Gasteiger partial charge in [-0.15, -0.1) is 12.4 Å². The van der Waals surface area contributed by atoms with Crippen LogP contribution in [0.1, 0.15) is 54.4 Å². The van der Waals surface area contributed by atoms with Crippen LogP contribution in [0.25, 0.3) is 11.1 Å². The van der Waals surface area contributed by atoms with Crippen molar-refractivity contribution < 1.29 is 9.32 Å². The molecule has 2 aromatic rings. The average Bonchev–Trinajstić information content (AvgIpc) is 2.91. The number of piperidine rings is 1. The van der Waals surface area contributed by atoms with Gasteiger partial charge >= 0.3 is 0 Å². The number of halogens is 1. The highest BCUT2D eigenvalue weighted by Crippen LogP contribution is 2.27. The van der Waals surface area contributed by atoms with Crippen molar-refractivity contribution in [3.63, 3.8) is 0 Å². The molecule has 0 saturated carbocycles. The minimum Gasteiger partial charge on any atom is -0.348 e. The predicted octanol–water partition coefficient (Wildman–Crippen LogP) is 2.56. The SMILES string of the molecule is Cc1cc(C(=O)N[C@H]2CCCNC2)c2c(C(C)C)noc2n1.Cl. The molecule has 0 bridgehead atoms. The molecule has 2 aromatic heterocycles. The van der Waals surface area contributed by atoms with Crippen LogP contribution < -0.4 is 10.6 Å². The summed E-state index contributed by atoms with van der Waals surface area (Å²) in [6, 6.07) is 1.99. The molecule has 3 rings (SSSR count). The summed E-state index contributed by atoms with van der Waals surface area (Å²) in [6.07, 6.45) is 2.09. The van der Waals surface area contributed by atoms with Gasteiger partial charge in [0.1, 0.15) is 0 Å². The number of pyridine rings is 1. The second-order valence-corrected chi connectivity index (χ2v) is 6.23. The third-order valence-corrected chi connectivity index (χ3v) is 4.02. The van der Waals surface area contributed by atoms with Crippen molar-refractivity contribution in [3.8, 4) is 0 Å². The van der Waals surface area contributed by atoms with Gasteiger partial charge in [0, 0.05) is 18.3 Å². The van der Waals surface area contributed by atoms with E-state index in [2.05, 4.69) is 20.8 Å². The maximum Gasteiger partial charge on any atom is 0.259 e. The number of aryl methyl sites for hydroxylation is 1. The van der Waals surface area contributed by atoms with Crippen molar-refractivity contribution >= 4 is 29.4 Å². The molecule has 0 spiro atoms. The molecule has 126 valence electrons. The summed E-state index contributed by atoms with van der Waals surface area (Å²) in [6.45, 7) is 7.76. The summed E-state index contributed by atoms with van der Waals surface area (Å²) in [7, 11) is 0. The fourth-order valence-corrected chi connectivity index (χ4v) is 2.91. The first-order valence-electron chi connectivity index (χ1n) is 7.84. The number of carbonyl (C=O) groups is 1. The molecule has 0 aliphatic carbocycles. The topological polar surface area (TPSA) is 80.0 Å². The normalized spacial score (nSPS) is 18.0. The number of amides is 1. The molecule has 1 fully saturated rings. The van der Waals surface area contributed by atoms with Crippen LogP contribution in [0.3, 0.4) is 0 Å². The number of aromatic nitrogens is 2. The van der Waals surface area contributed by atoms with Crippen molar-refractivity contribution in [2.45, 2.75) is 45.6 Å². The van der Waals surface area contributed by atoms with Gasteiger partial charge in [0.05, 0.1) is 16.6 Å². The van der Waals surface area contributed by atoms with E-state index in [4.69, 9.17) is 4.52 Å². The van der Waals surface area contributed by atoms with E-state index < -0.39 is 0 Å². The lowest BCUT2D eigenvalue weighted by molar-refractivity contribution is 0.0932. The smallest absolute Gasteiger partial charge is 0.259 e. The second kappa shape index (κ2) is 7.27. The van der Waals surface area contributed by atoms with E-state index in [1.165, 1.54) is 0 Å². The van der Waals surface area contributed by atoms with Gasteiger partial charge in [-0.2, -0.15) is 0 Å². The molecular formula is C16H23ClN4O2. The highest BCUT2D eigenvalue weighted by Gasteiger charge is 2.23. The first-order valence-corrected chi connectivity index (χ1v) is 7.84. The van der Waals surface area contributed by atoms with Gasteiger partial charge in [0.25, 0.3) is 11.6 Å². The van der Waals surface area contributed by atoms with Gasteiger partial charge in [0.2, 0.25) is 0 Å². The fourth-order valence-electron chi connectivity index (χ4n) is 2.91. The third-order valence-electron chi connectivity index (χ3n) is 4.02. The van der Waals surface area contributed by atoms with Crippen LogP contribution in [0.4, 0.5) is 0 Å². The zero-order valence-corrected chi connectivity index (χ0v) is 14.5. The van der Waals surface area contributed by atoms with E-state index in [1.54, 1.807) is 0 Å². The van der Waals surface area contributed by atoms with Crippen molar-refractivity contribution in [2.75, 3.05) is 13.1 Å². The minimum absolute atomic E-state index is 0. The Morgan fingerprint density at radius 1 is 1.48 bits per heavy atom. The molecule has 1 amide bonds. The van der Waals surface area contributed by atoms with Crippen LogP contribution in [-0.2, 0) is 0 Å². The monoisotopic (exact) mass is 338 g/mol. The molecule has 6 nitrogen and oxygen atoms in total. The van der Waals surface area contributed by atoms with Crippen molar-refractivity contribution in [3.05, 3.63) is 23.0 Å². The third kappa shape index (κ3) is 3.64. The zero-order chi connectivity index (χ0) is 15.7. The lowest BCUT2D eigenvalue weighted by atomic mass is 10.0. The van der Waals surface area contributed by atoms with Gasteiger partial charge < -0.3 is 15.2 Å². The summed E-state index contributed by atoms with van der Waals surface area (Å²) in [5.41, 5.74) is 2.59. The van der Waals surface area contributed by atoms with Gasteiger partial charge in [0.15, 0.2) is 0 Å². The fraction of sp³-hybridized carbons (Fsp3) is 0.562. The second-order valence-electron chi connectivity index (χ2n) is 6.23. The molecular weight excluding hydrogens is 316 g/mol. The van der Waals surface area contributed by atoms with E-state index in [0.29, 0.717) is 11.3 Å². The zero-order valence-electron chi connectivity index (χ0n) is 13.7. The molecule has 0 aromatic carbocycles. The summed E-state index contributed by atoms with van der Waals surface area (Å²) in [5.74, 6) is 0.1000. The van der Waals surface area contributed by atoms with Crippen molar-refractivity contribution in [1.82, 2.24) is 20.8 Å². The Labute approximate surface area is 141 Å². The number of hydrogen-bond donors (Lipinski definition) is 2. The Balaban J connectivity index is 0.00000192. The standard InChI is InChI=1S/C16H22N4O2.ClH/c1-9(2)14-13-12(7-10(3)18-16(13)22-20-14)15(21)19-11-5-4-6-17-8-11;/h7,9,11,17H,4-6,8H2,1-3H3,(H,19,21);1H/t11-;/m0./s1. The Kier molecular flexibility index (Phi) is 5.59. The number of nitrogens with one attached hydrogen (secondary N) is 2. The summed E-state index contributed by atoms with van der Waals surface area (Å²) in [4.78, 5) is 17.1. The van der Waals surface area contributed by atoms with E-state index in [-0.39, 0.29) is 30.3 Å². The highest BCUT2D eigenvalue weighted by atomic mass is 35.5. The number of rotatable bonds is 3. The van der Waals surface area contributed by atoms with Crippen molar-refractivity contribution in [2.24, 2.45) is 0 Å². The summed E-state index contributed by atoms with van der Waals surface area (Å²) < 4.78 is 5.32. The lowest BCUT2D eigenvalue weighted by Gasteiger charge is -2.24. The molecule has 1 aliphatic heterocycles. The minimum atomic E-state index is -0.0747. The van der Waals surface area contributed by atoms with Gasteiger partial charge in [-0.3, -0.25) is 4.79 Å². The predicted molar refractivity (Wildman–Crippen MR) is 91.2 cm³/mol. The summed E-state index contributed by atoms with van der Waals surface area (Å²) in [5, 5.41) is 11.3. The number of nitrogens with zero attached hydrogens (tertiary/aromatic N) is 2. The van der Waals surface area contributed by atoms with Crippen LogP contribution in [0.15, 0.2) is 10.6 Å². The quantitative estimate of drug-likeness (QED) is 0.899. The highest BCUT2D eigenvalue weighted by molar-refractivity contribution is 6.06. The van der Waals surface area contributed by atoms with Gasteiger partial charge in [-0.05, 0) is 38.3 Å². The number of carbonyl (C=O) groups excluding carboxylic acids is 1. The number of hydrogen-bond acceptors (Lipinski definition) is 5.